The molecule has 2 aromatic carbocycles. The van der Waals surface area contributed by atoms with Crippen molar-refractivity contribution in [2.24, 2.45) is 0 Å². The molecule has 0 saturated heterocycles. The molecule has 8 heteroatoms. The standard InChI is InChI=1S/C22H21ClN4O3/c1-14(28)25-17-4-2-3-15(11-17)19-13-24-21-7-8-26(9-10-27(19)21)22(30)18-12-16(23)5-6-20(18)29/h2-6,11-13,29H,7-10H2,1H3,(H,25,28). The van der Waals surface area contributed by atoms with Crippen LogP contribution in [-0.4, -0.2) is 44.5 Å². The molecule has 1 aliphatic rings. The molecule has 0 aliphatic carbocycles. The lowest BCUT2D eigenvalue weighted by molar-refractivity contribution is -0.114. The normalized spacial score (nSPS) is 13.5. The Labute approximate surface area is 178 Å². The predicted octanol–water partition coefficient (Wildman–Crippen LogP) is 3.57. The van der Waals surface area contributed by atoms with Gasteiger partial charge in [0.05, 0.1) is 17.5 Å². The maximum absolute atomic E-state index is 12.9. The fourth-order valence-electron chi connectivity index (χ4n) is 3.67. The lowest BCUT2D eigenvalue weighted by atomic mass is 10.1. The molecule has 2 amide bonds. The second-order valence-electron chi connectivity index (χ2n) is 7.18. The molecule has 1 aromatic heterocycles. The van der Waals surface area contributed by atoms with E-state index in [0.717, 1.165) is 22.8 Å². The molecule has 154 valence electrons. The zero-order valence-electron chi connectivity index (χ0n) is 16.4. The van der Waals surface area contributed by atoms with Gasteiger partial charge >= 0.3 is 0 Å². The SMILES string of the molecule is CC(=O)Nc1cccc(-c2cnc3n2CCN(C(=O)c2cc(Cl)ccc2O)CC3)c1. The molecule has 0 saturated carbocycles. The lowest BCUT2D eigenvalue weighted by Gasteiger charge is -2.21. The van der Waals surface area contributed by atoms with Gasteiger partial charge in [-0.25, -0.2) is 4.98 Å². The van der Waals surface area contributed by atoms with Crippen molar-refractivity contribution < 1.29 is 14.7 Å². The maximum Gasteiger partial charge on any atom is 0.257 e. The minimum Gasteiger partial charge on any atom is -0.507 e. The fraction of sp³-hybridized carbons (Fsp3) is 0.227. The number of aromatic nitrogens is 2. The smallest absolute Gasteiger partial charge is 0.257 e. The van der Waals surface area contributed by atoms with Crippen LogP contribution in [0, 0.1) is 0 Å². The Morgan fingerprint density at radius 3 is 2.77 bits per heavy atom. The van der Waals surface area contributed by atoms with Crippen molar-refractivity contribution in [3.05, 3.63) is 65.1 Å². The molecular weight excluding hydrogens is 404 g/mol. The number of halogens is 1. The highest BCUT2D eigenvalue weighted by molar-refractivity contribution is 6.31. The summed E-state index contributed by atoms with van der Waals surface area (Å²) in [5.41, 5.74) is 2.78. The Morgan fingerprint density at radius 2 is 1.97 bits per heavy atom. The third-order valence-electron chi connectivity index (χ3n) is 5.09. The summed E-state index contributed by atoms with van der Waals surface area (Å²) in [6.45, 7) is 3.02. The molecule has 1 aliphatic heterocycles. The van der Waals surface area contributed by atoms with Crippen LogP contribution in [0.1, 0.15) is 23.1 Å². The van der Waals surface area contributed by atoms with Gasteiger partial charge in [-0.2, -0.15) is 0 Å². The van der Waals surface area contributed by atoms with Crippen molar-refractivity contribution in [1.29, 1.82) is 0 Å². The number of phenols is 1. The number of carbonyl (C=O) groups is 2. The van der Waals surface area contributed by atoms with Crippen LogP contribution in [0.5, 0.6) is 5.75 Å². The highest BCUT2D eigenvalue weighted by atomic mass is 35.5. The van der Waals surface area contributed by atoms with Gasteiger partial charge in [-0.15, -0.1) is 0 Å². The van der Waals surface area contributed by atoms with Gasteiger partial charge in [0.15, 0.2) is 0 Å². The van der Waals surface area contributed by atoms with E-state index in [0.29, 0.717) is 31.1 Å². The van der Waals surface area contributed by atoms with Crippen LogP contribution in [-0.2, 0) is 17.8 Å². The third kappa shape index (κ3) is 4.02. The maximum atomic E-state index is 12.9. The lowest BCUT2D eigenvalue weighted by Crippen LogP contribution is -2.33. The number of fused-ring (bicyclic) bond motifs is 1. The Hall–Kier alpha value is -3.32. The molecular formula is C22H21ClN4O3. The second-order valence-corrected chi connectivity index (χ2v) is 7.61. The van der Waals surface area contributed by atoms with Crippen LogP contribution in [0.25, 0.3) is 11.3 Å². The van der Waals surface area contributed by atoms with Crippen LogP contribution < -0.4 is 5.32 Å². The number of benzene rings is 2. The summed E-state index contributed by atoms with van der Waals surface area (Å²) in [6, 6.07) is 12.1. The van der Waals surface area contributed by atoms with Gasteiger partial charge in [0, 0.05) is 49.3 Å². The zero-order valence-corrected chi connectivity index (χ0v) is 17.2. The van der Waals surface area contributed by atoms with Crippen molar-refractivity contribution >= 4 is 29.1 Å². The van der Waals surface area contributed by atoms with Gasteiger partial charge in [-0.1, -0.05) is 23.7 Å². The number of imidazole rings is 1. The summed E-state index contributed by atoms with van der Waals surface area (Å²) in [7, 11) is 0. The van der Waals surface area contributed by atoms with Gasteiger partial charge in [-0.3, -0.25) is 9.59 Å². The summed E-state index contributed by atoms with van der Waals surface area (Å²) in [6.07, 6.45) is 2.42. The summed E-state index contributed by atoms with van der Waals surface area (Å²) in [4.78, 5) is 30.6. The van der Waals surface area contributed by atoms with Crippen molar-refractivity contribution in [3.8, 4) is 17.0 Å². The molecule has 0 atom stereocenters. The first-order chi connectivity index (χ1) is 14.4. The molecule has 0 unspecified atom stereocenters. The largest absolute Gasteiger partial charge is 0.507 e. The van der Waals surface area contributed by atoms with Crippen LogP contribution in [0.15, 0.2) is 48.7 Å². The quantitative estimate of drug-likeness (QED) is 0.672. The Bertz CT molecular complexity index is 1130. The number of phenolic OH excluding ortho intramolecular Hbond substituents is 1. The van der Waals surface area contributed by atoms with Gasteiger partial charge in [-0.05, 0) is 30.3 Å². The number of carbonyl (C=O) groups excluding carboxylic acids is 2. The molecule has 4 rings (SSSR count). The van der Waals surface area contributed by atoms with E-state index in [2.05, 4.69) is 14.9 Å². The number of nitrogens with one attached hydrogen (secondary N) is 1. The molecule has 2 heterocycles. The van der Waals surface area contributed by atoms with Crippen LogP contribution in [0.2, 0.25) is 5.02 Å². The average molecular weight is 425 g/mol. The molecule has 0 bridgehead atoms. The van der Waals surface area contributed by atoms with E-state index in [9.17, 15) is 14.7 Å². The number of amides is 2. The number of hydrogen-bond donors (Lipinski definition) is 2. The van der Waals surface area contributed by atoms with Crippen molar-refractivity contribution in [2.75, 3.05) is 18.4 Å². The van der Waals surface area contributed by atoms with Crippen LogP contribution in [0.3, 0.4) is 0 Å². The number of rotatable bonds is 3. The van der Waals surface area contributed by atoms with E-state index in [-0.39, 0.29) is 23.1 Å². The Morgan fingerprint density at radius 1 is 1.13 bits per heavy atom. The van der Waals surface area contributed by atoms with Crippen molar-refractivity contribution in [3.63, 3.8) is 0 Å². The monoisotopic (exact) mass is 424 g/mol. The second kappa shape index (κ2) is 8.20. The topological polar surface area (TPSA) is 87.5 Å². The first kappa shape index (κ1) is 20.0. The third-order valence-corrected chi connectivity index (χ3v) is 5.33. The minimum absolute atomic E-state index is 0.0816. The number of anilines is 1. The van der Waals surface area contributed by atoms with E-state index in [1.165, 1.54) is 19.1 Å². The van der Waals surface area contributed by atoms with E-state index >= 15 is 0 Å². The van der Waals surface area contributed by atoms with Crippen LogP contribution >= 0.6 is 11.6 Å². The van der Waals surface area contributed by atoms with Gasteiger partial charge in [0.1, 0.15) is 11.6 Å². The molecule has 2 N–H and O–H groups in total. The number of hydrogen-bond acceptors (Lipinski definition) is 4. The first-order valence-electron chi connectivity index (χ1n) is 9.62. The first-order valence-corrected chi connectivity index (χ1v) is 10.0. The highest BCUT2D eigenvalue weighted by Gasteiger charge is 2.24. The molecule has 7 nitrogen and oxygen atoms in total. The van der Waals surface area contributed by atoms with Gasteiger partial charge < -0.3 is 19.9 Å². The predicted molar refractivity (Wildman–Crippen MR) is 115 cm³/mol. The summed E-state index contributed by atoms with van der Waals surface area (Å²) in [5, 5.41) is 13.3. The molecule has 0 radical (unpaired) electrons. The Balaban J connectivity index is 1.57. The summed E-state index contributed by atoms with van der Waals surface area (Å²) >= 11 is 6.00. The highest BCUT2D eigenvalue weighted by Crippen LogP contribution is 2.27. The summed E-state index contributed by atoms with van der Waals surface area (Å²) < 4.78 is 2.10. The average Bonchev–Trinajstić information content (AvgIpc) is 3.00. The minimum atomic E-state index is -0.255. The molecule has 3 aromatic rings. The van der Waals surface area contributed by atoms with Gasteiger partial charge in [0.2, 0.25) is 5.91 Å². The fourth-order valence-corrected chi connectivity index (χ4v) is 3.85. The van der Waals surface area contributed by atoms with Crippen LogP contribution in [0.4, 0.5) is 5.69 Å². The summed E-state index contributed by atoms with van der Waals surface area (Å²) in [5.74, 6) is 0.426. The van der Waals surface area contributed by atoms with E-state index in [4.69, 9.17) is 11.6 Å². The number of nitrogens with zero attached hydrogens (tertiary/aromatic N) is 3. The molecule has 0 fully saturated rings. The zero-order chi connectivity index (χ0) is 21.3. The van der Waals surface area contributed by atoms with E-state index < -0.39 is 0 Å². The van der Waals surface area contributed by atoms with Gasteiger partial charge in [0.25, 0.3) is 5.91 Å². The van der Waals surface area contributed by atoms with Crippen molar-refractivity contribution in [1.82, 2.24) is 14.5 Å². The Kier molecular flexibility index (Phi) is 5.46. The van der Waals surface area contributed by atoms with E-state index in [1.807, 2.05) is 30.5 Å². The molecule has 0 spiro atoms. The van der Waals surface area contributed by atoms with Crippen molar-refractivity contribution in [2.45, 2.75) is 19.9 Å². The molecule has 30 heavy (non-hydrogen) atoms. The number of aromatic hydroxyl groups is 1. The van der Waals surface area contributed by atoms with E-state index in [1.54, 1.807) is 11.0 Å².